The van der Waals surface area contributed by atoms with Crippen LogP contribution in [0.5, 0.6) is 0 Å². The minimum atomic E-state index is -0.499. The van der Waals surface area contributed by atoms with E-state index in [4.69, 9.17) is 11.0 Å². The third kappa shape index (κ3) is 2.47. The summed E-state index contributed by atoms with van der Waals surface area (Å²) in [5.74, 6) is -0.499. The second-order valence-corrected chi connectivity index (χ2v) is 4.51. The number of aromatic nitrogens is 2. The van der Waals surface area contributed by atoms with Crippen molar-refractivity contribution in [2.24, 2.45) is 5.73 Å². The number of nitriles is 1. The molecule has 1 heterocycles. The fourth-order valence-corrected chi connectivity index (χ4v) is 1.83. The highest BCUT2D eigenvalue weighted by Gasteiger charge is 2.15. The number of primary amides is 1. The van der Waals surface area contributed by atoms with E-state index < -0.39 is 5.91 Å². The number of amides is 1. The smallest absolute Gasteiger partial charge is 0.267 e. The predicted molar refractivity (Wildman–Crippen MR) is 71.3 cm³/mol. The van der Waals surface area contributed by atoms with Crippen LogP contribution in [0.2, 0.25) is 0 Å². The van der Waals surface area contributed by atoms with Gasteiger partial charge in [0.1, 0.15) is 5.69 Å². The molecule has 0 saturated heterocycles. The molecule has 0 fully saturated rings. The average molecular weight is 254 g/mol. The van der Waals surface area contributed by atoms with Crippen molar-refractivity contribution in [2.75, 3.05) is 0 Å². The largest absolute Gasteiger partial charge is 0.364 e. The monoisotopic (exact) mass is 254 g/mol. The first-order valence-corrected chi connectivity index (χ1v) is 5.93. The van der Waals surface area contributed by atoms with Crippen molar-refractivity contribution < 1.29 is 4.79 Å². The number of rotatable bonds is 3. The molecule has 19 heavy (non-hydrogen) atoms. The van der Waals surface area contributed by atoms with Gasteiger partial charge in [-0.15, -0.1) is 0 Å². The molecule has 0 aliphatic carbocycles. The maximum absolute atomic E-state index is 11.4. The van der Waals surface area contributed by atoms with Gasteiger partial charge in [0.25, 0.3) is 5.91 Å². The third-order valence-corrected chi connectivity index (χ3v) is 2.79. The minimum Gasteiger partial charge on any atom is -0.364 e. The fourth-order valence-electron chi connectivity index (χ4n) is 1.83. The molecule has 1 aromatic carbocycles. The SMILES string of the molecule is CC(C)n1nc(-c2ccc(C#N)cc2)cc1C(N)=O. The number of benzene rings is 1. The summed E-state index contributed by atoms with van der Waals surface area (Å²) in [5, 5.41) is 13.2. The summed E-state index contributed by atoms with van der Waals surface area (Å²) in [7, 11) is 0. The number of nitrogens with two attached hydrogens (primary N) is 1. The van der Waals surface area contributed by atoms with Gasteiger partial charge in [-0.25, -0.2) is 0 Å². The molecule has 0 saturated carbocycles. The normalized spacial score (nSPS) is 10.4. The zero-order chi connectivity index (χ0) is 14.0. The molecule has 0 aliphatic heterocycles. The Hall–Kier alpha value is -2.61. The van der Waals surface area contributed by atoms with Crippen molar-refractivity contribution in [1.29, 1.82) is 5.26 Å². The maximum Gasteiger partial charge on any atom is 0.267 e. The average Bonchev–Trinajstić information content (AvgIpc) is 2.84. The highest BCUT2D eigenvalue weighted by atomic mass is 16.1. The summed E-state index contributed by atoms with van der Waals surface area (Å²) in [6, 6.07) is 10.8. The molecular weight excluding hydrogens is 240 g/mol. The maximum atomic E-state index is 11.4. The lowest BCUT2D eigenvalue weighted by molar-refractivity contribution is 0.0988. The van der Waals surface area contributed by atoms with E-state index in [9.17, 15) is 4.79 Å². The van der Waals surface area contributed by atoms with Gasteiger partial charge >= 0.3 is 0 Å². The summed E-state index contributed by atoms with van der Waals surface area (Å²) < 4.78 is 1.61. The molecule has 0 spiro atoms. The first-order valence-electron chi connectivity index (χ1n) is 5.93. The molecule has 5 heteroatoms. The fraction of sp³-hybridized carbons (Fsp3) is 0.214. The highest BCUT2D eigenvalue weighted by Crippen LogP contribution is 2.21. The van der Waals surface area contributed by atoms with Gasteiger partial charge in [-0.3, -0.25) is 9.48 Å². The third-order valence-electron chi connectivity index (χ3n) is 2.79. The molecule has 0 atom stereocenters. The molecule has 0 aliphatic rings. The zero-order valence-corrected chi connectivity index (χ0v) is 10.8. The van der Waals surface area contributed by atoms with E-state index in [1.54, 1.807) is 35.0 Å². The topological polar surface area (TPSA) is 84.7 Å². The van der Waals surface area contributed by atoms with Crippen LogP contribution in [0, 0.1) is 11.3 Å². The molecular formula is C14H14N4O. The van der Waals surface area contributed by atoms with Gasteiger partial charge in [-0.2, -0.15) is 10.4 Å². The zero-order valence-electron chi connectivity index (χ0n) is 10.8. The Balaban J connectivity index is 2.48. The summed E-state index contributed by atoms with van der Waals surface area (Å²) >= 11 is 0. The van der Waals surface area contributed by atoms with Crippen LogP contribution in [0.15, 0.2) is 30.3 Å². The summed E-state index contributed by atoms with van der Waals surface area (Å²) in [6.07, 6.45) is 0. The van der Waals surface area contributed by atoms with Crippen molar-refractivity contribution >= 4 is 5.91 Å². The standard InChI is InChI=1S/C14H14N4O/c1-9(2)18-13(14(16)19)7-12(17-18)11-5-3-10(8-15)4-6-11/h3-7,9H,1-2H3,(H2,16,19). The van der Waals surface area contributed by atoms with Crippen molar-refractivity contribution in [2.45, 2.75) is 19.9 Å². The molecule has 2 rings (SSSR count). The lowest BCUT2D eigenvalue weighted by Gasteiger charge is -2.07. The van der Waals surface area contributed by atoms with E-state index in [0.717, 1.165) is 5.56 Å². The number of nitrogens with zero attached hydrogens (tertiary/aromatic N) is 3. The summed E-state index contributed by atoms with van der Waals surface area (Å²) in [6.45, 7) is 3.87. The quantitative estimate of drug-likeness (QED) is 0.910. The summed E-state index contributed by atoms with van der Waals surface area (Å²) in [5.41, 5.74) is 7.84. The molecule has 0 bridgehead atoms. The molecule has 5 nitrogen and oxygen atoms in total. The number of hydrogen-bond donors (Lipinski definition) is 1. The van der Waals surface area contributed by atoms with Gasteiger partial charge in [0, 0.05) is 11.6 Å². The second-order valence-electron chi connectivity index (χ2n) is 4.51. The Kier molecular flexibility index (Phi) is 3.34. The molecule has 1 amide bonds. The molecule has 96 valence electrons. The van der Waals surface area contributed by atoms with Gasteiger partial charge in [-0.1, -0.05) is 12.1 Å². The Morgan fingerprint density at radius 2 is 2.00 bits per heavy atom. The van der Waals surface area contributed by atoms with Crippen molar-refractivity contribution in [1.82, 2.24) is 9.78 Å². The molecule has 0 unspecified atom stereocenters. The predicted octanol–water partition coefficient (Wildman–Crippen LogP) is 2.10. The first-order chi connectivity index (χ1) is 9.02. The Morgan fingerprint density at radius 1 is 1.37 bits per heavy atom. The number of carbonyl (C=O) groups is 1. The van der Waals surface area contributed by atoms with E-state index in [1.807, 2.05) is 13.8 Å². The van der Waals surface area contributed by atoms with E-state index >= 15 is 0 Å². The van der Waals surface area contributed by atoms with Gasteiger partial charge in [-0.05, 0) is 32.0 Å². The number of hydrogen-bond acceptors (Lipinski definition) is 3. The van der Waals surface area contributed by atoms with E-state index in [1.165, 1.54) is 0 Å². The van der Waals surface area contributed by atoms with E-state index in [0.29, 0.717) is 17.0 Å². The van der Waals surface area contributed by atoms with Crippen LogP contribution in [0.1, 0.15) is 35.9 Å². The molecule has 2 aromatic rings. The lowest BCUT2D eigenvalue weighted by Crippen LogP contribution is -2.18. The molecule has 0 radical (unpaired) electrons. The second kappa shape index (κ2) is 4.94. The van der Waals surface area contributed by atoms with Crippen molar-refractivity contribution in [3.63, 3.8) is 0 Å². The minimum absolute atomic E-state index is 0.0506. The Morgan fingerprint density at radius 3 is 2.42 bits per heavy atom. The van der Waals surface area contributed by atoms with Crippen molar-refractivity contribution in [3.05, 3.63) is 41.6 Å². The lowest BCUT2D eigenvalue weighted by atomic mass is 10.1. The number of carbonyl (C=O) groups excluding carboxylic acids is 1. The Bertz CT molecular complexity index is 647. The van der Waals surface area contributed by atoms with E-state index in [2.05, 4.69) is 11.2 Å². The van der Waals surface area contributed by atoms with Gasteiger partial charge in [0.2, 0.25) is 0 Å². The molecule has 1 aromatic heterocycles. The van der Waals surface area contributed by atoms with Crippen LogP contribution < -0.4 is 5.73 Å². The van der Waals surface area contributed by atoms with Crippen LogP contribution in [-0.2, 0) is 0 Å². The Labute approximate surface area is 111 Å². The van der Waals surface area contributed by atoms with Crippen LogP contribution in [0.25, 0.3) is 11.3 Å². The first kappa shape index (κ1) is 12.8. The van der Waals surface area contributed by atoms with Gasteiger partial charge in [0.05, 0.1) is 17.3 Å². The van der Waals surface area contributed by atoms with Crippen LogP contribution in [0.3, 0.4) is 0 Å². The van der Waals surface area contributed by atoms with Gasteiger partial charge in [0.15, 0.2) is 0 Å². The van der Waals surface area contributed by atoms with Crippen LogP contribution in [0.4, 0.5) is 0 Å². The van der Waals surface area contributed by atoms with Gasteiger partial charge < -0.3 is 5.73 Å². The van der Waals surface area contributed by atoms with E-state index in [-0.39, 0.29) is 6.04 Å². The molecule has 2 N–H and O–H groups in total. The van der Waals surface area contributed by atoms with Crippen molar-refractivity contribution in [3.8, 4) is 17.3 Å². The van der Waals surface area contributed by atoms with Crippen LogP contribution in [-0.4, -0.2) is 15.7 Å². The van der Waals surface area contributed by atoms with Crippen LogP contribution >= 0.6 is 0 Å². The highest BCUT2D eigenvalue weighted by molar-refractivity contribution is 5.92. The summed E-state index contributed by atoms with van der Waals surface area (Å²) in [4.78, 5) is 11.4.